The summed E-state index contributed by atoms with van der Waals surface area (Å²) < 4.78 is 14.8. The zero-order chi connectivity index (χ0) is 11.7. The third-order valence-electron chi connectivity index (χ3n) is 2.17. The van der Waals surface area contributed by atoms with Crippen LogP contribution in [-0.4, -0.2) is 9.55 Å². The summed E-state index contributed by atoms with van der Waals surface area (Å²) in [7, 11) is 0. The minimum Gasteiger partial charge on any atom is -0.305 e. The van der Waals surface area contributed by atoms with E-state index >= 15 is 0 Å². The first kappa shape index (κ1) is 10.7. The minimum atomic E-state index is -0.598. The quantitative estimate of drug-likeness (QED) is 0.763. The van der Waals surface area contributed by atoms with E-state index in [0.717, 1.165) is 5.69 Å². The predicted molar refractivity (Wildman–Crippen MR) is 58.0 cm³/mol. The second-order valence-electron chi connectivity index (χ2n) is 3.29. The Bertz CT molecular complexity index is 583. The summed E-state index contributed by atoms with van der Waals surface area (Å²) in [6, 6.07) is 4.62. The van der Waals surface area contributed by atoms with Gasteiger partial charge in [0.2, 0.25) is 0 Å². The highest BCUT2D eigenvalue weighted by Crippen LogP contribution is 2.25. The van der Waals surface area contributed by atoms with Crippen LogP contribution in [0, 0.1) is 24.1 Å². The maximum absolute atomic E-state index is 13.2. The normalized spacial score (nSPS) is 10.1. The van der Waals surface area contributed by atoms with Gasteiger partial charge in [-0.15, -0.1) is 0 Å². The molecular weight excluding hydrogens is 229 g/mol. The van der Waals surface area contributed by atoms with Gasteiger partial charge in [-0.2, -0.15) is 5.26 Å². The molecule has 0 spiro atoms. The molecule has 0 saturated heterocycles. The number of nitriles is 1. The van der Waals surface area contributed by atoms with Gasteiger partial charge < -0.3 is 4.57 Å². The Morgan fingerprint density at radius 3 is 2.81 bits per heavy atom. The third kappa shape index (κ3) is 1.66. The number of nitrogens with zero attached hydrogens (tertiary/aromatic N) is 3. The smallest absolute Gasteiger partial charge is 0.143 e. The number of halogens is 2. The monoisotopic (exact) mass is 235 g/mol. The zero-order valence-corrected chi connectivity index (χ0v) is 9.16. The van der Waals surface area contributed by atoms with Crippen LogP contribution in [0.25, 0.3) is 5.69 Å². The van der Waals surface area contributed by atoms with Gasteiger partial charge in [0.25, 0.3) is 0 Å². The SMILES string of the molecule is Cc1cn(-c2ccc(F)c(Cl)c2C#N)cn1. The van der Waals surface area contributed by atoms with Crippen molar-refractivity contribution in [3.8, 4) is 11.8 Å². The maximum Gasteiger partial charge on any atom is 0.143 e. The fraction of sp³-hybridized carbons (Fsp3) is 0.0909. The maximum atomic E-state index is 13.2. The van der Waals surface area contributed by atoms with Crippen LogP contribution in [0.4, 0.5) is 4.39 Å². The van der Waals surface area contributed by atoms with E-state index in [4.69, 9.17) is 16.9 Å². The molecule has 0 saturated carbocycles. The molecule has 80 valence electrons. The lowest BCUT2D eigenvalue weighted by atomic mass is 10.2. The molecule has 0 aliphatic heterocycles. The van der Waals surface area contributed by atoms with E-state index in [1.165, 1.54) is 12.1 Å². The molecule has 0 amide bonds. The molecule has 2 rings (SSSR count). The number of rotatable bonds is 1. The highest BCUT2D eigenvalue weighted by atomic mass is 35.5. The molecule has 0 unspecified atom stereocenters. The number of benzene rings is 1. The Morgan fingerprint density at radius 1 is 1.50 bits per heavy atom. The number of imidazole rings is 1. The number of hydrogen-bond donors (Lipinski definition) is 0. The van der Waals surface area contributed by atoms with Crippen LogP contribution in [0.15, 0.2) is 24.7 Å². The fourth-order valence-electron chi connectivity index (χ4n) is 1.41. The summed E-state index contributed by atoms with van der Waals surface area (Å²) in [6.07, 6.45) is 3.30. The van der Waals surface area contributed by atoms with E-state index in [1.807, 2.05) is 13.0 Å². The molecule has 0 fully saturated rings. The van der Waals surface area contributed by atoms with Crippen LogP contribution < -0.4 is 0 Å². The third-order valence-corrected chi connectivity index (χ3v) is 2.54. The second-order valence-corrected chi connectivity index (χ2v) is 3.67. The van der Waals surface area contributed by atoms with Gasteiger partial charge in [0, 0.05) is 6.20 Å². The highest BCUT2D eigenvalue weighted by Gasteiger charge is 2.12. The molecule has 0 aliphatic rings. The van der Waals surface area contributed by atoms with Gasteiger partial charge in [-0.05, 0) is 19.1 Å². The highest BCUT2D eigenvalue weighted by molar-refractivity contribution is 6.32. The molecule has 0 N–H and O–H groups in total. The van der Waals surface area contributed by atoms with Crippen molar-refractivity contribution < 1.29 is 4.39 Å². The van der Waals surface area contributed by atoms with Crippen molar-refractivity contribution in [1.82, 2.24) is 9.55 Å². The Labute approximate surface area is 96.7 Å². The Morgan fingerprint density at radius 2 is 2.25 bits per heavy atom. The largest absolute Gasteiger partial charge is 0.305 e. The van der Waals surface area contributed by atoms with E-state index in [2.05, 4.69) is 4.98 Å². The van der Waals surface area contributed by atoms with Gasteiger partial charge in [0.15, 0.2) is 0 Å². The number of aryl methyl sites for hydroxylation is 1. The molecule has 0 atom stereocenters. The van der Waals surface area contributed by atoms with Crippen molar-refractivity contribution in [2.45, 2.75) is 6.92 Å². The average Bonchev–Trinajstić information content (AvgIpc) is 2.68. The summed E-state index contributed by atoms with van der Waals surface area (Å²) >= 11 is 5.72. The molecule has 0 radical (unpaired) electrons. The van der Waals surface area contributed by atoms with Gasteiger partial charge in [0.1, 0.15) is 11.9 Å². The van der Waals surface area contributed by atoms with Crippen molar-refractivity contribution in [2.75, 3.05) is 0 Å². The van der Waals surface area contributed by atoms with Crippen LogP contribution in [0.1, 0.15) is 11.3 Å². The summed E-state index contributed by atoms with van der Waals surface area (Å²) in [4.78, 5) is 4.04. The lowest BCUT2D eigenvalue weighted by Gasteiger charge is -2.06. The molecule has 0 aliphatic carbocycles. The predicted octanol–water partition coefficient (Wildman–Crippen LogP) is 2.84. The Hall–Kier alpha value is -1.86. The first-order valence-electron chi connectivity index (χ1n) is 4.52. The van der Waals surface area contributed by atoms with Crippen LogP contribution in [0.3, 0.4) is 0 Å². The molecule has 1 aromatic carbocycles. The topological polar surface area (TPSA) is 41.6 Å². The molecule has 1 aromatic heterocycles. The van der Waals surface area contributed by atoms with Gasteiger partial charge in [0.05, 0.1) is 28.3 Å². The summed E-state index contributed by atoms with van der Waals surface area (Å²) in [5.74, 6) is -0.598. The fourth-order valence-corrected chi connectivity index (χ4v) is 1.62. The van der Waals surface area contributed by atoms with E-state index < -0.39 is 5.82 Å². The van der Waals surface area contributed by atoms with Crippen molar-refractivity contribution >= 4 is 11.6 Å². The Kier molecular flexibility index (Phi) is 2.63. The Balaban J connectivity index is 2.67. The van der Waals surface area contributed by atoms with Crippen LogP contribution >= 0.6 is 11.6 Å². The van der Waals surface area contributed by atoms with Crippen molar-refractivity contribution in [2.24, 2.45) is 0 Å². The van der Waals surface area contributed by atoms with E-state index in [1.54, 1.807) is 17.1 Å². The summed E-state index contributed by atoms with van der Waals surface area (Å²) in [5.41, 5.74) is 1.44. The van der Waals surface area contributed by atoms with Crippen molar-refractivity contribution in [3.63, 3.8) is 0 Å². The molecule has 0 bridgehead atoms. The molecule has 2 aromatic rings. The van der Waals surface area contributed by atoms with E-state index in [9.17, 15) is 4.39 Å². The van der Waals surface area contributed by atoms with E-state index in [-0.39, 0.29) is 10.6 Å². The van der Waals surface area contributed by atoms with E-state index in [0.29, 0.717) is 5.69 Å². The standard InChI is InChI=1S/C11H7ClFN3/c1-7-5-16(6-15-7)10-3-2-9(13)11(12)8(10)4-14/h2-3,5-6H,1H3. The van der Waals surface area contributed by atoms with Gasteiger partial charge in [-0.3, -0.25) is 0 Å². The molecule has 1 heterocycles. The zero-order valence-electron chi connectivity index (χ0n) is 8.41. The van der Waals surface area contributed by atoms with Gasteiger partial charge in [-0.25, -0.2) is 9.37 Å². The molecule has 5 heteroatoms. The second kappa shape index (κ2) is 3.95. The van der Waals surface area contributed by atoms with Crippen LogP contribution in [0.5, 0.6) is 0 Å². The lowest BCUT2D eigenvalue weighted by molar-refractivity contribution is 0.627. The molecule has 16 heavy (non-hydrogen) atoms. The summed E-state index contributed by atoms with van der Waals surface area (Å²) in [6.45, 7) is 1.83. The molecule has 3 nitrogen and oxygen atoms in total. The number of hydrogen-bond acceptors (Lipinski definition) is 2. The first-order valence-corrected chi connectivity index (χ1v) is 4.90. The van der Waals surface area contributed by atoms with Crippen LogP contribution in [0.2, 0.25) is 5.02 Å². The van der Waals surface area contributed by atoms with Crippen molar-refractivity contribution in [1.29, 1.82) is 5.26 Å². The van der Waals surface area contributed by atoms with Gasteiger partial charge in [-0.1, -0.05) is 11.6 Å². The number of aromatic nitrogens is 2. The van der Waals surface area contributed by atoms with Gasteiger partial charge >= 0.3 is 0 Å². The van der Waals surface area contributed by atoms with Crippen molar-refractivity contribution in [3.05, 3.63) is 46.8 Å². The summed E-state index contributed by atoms with van der Waals surface area (Å²) in [5, 5.41) is 8.80. The lowest BCUT2D eigenvalue weighted by Crippen LogP contribution is -1.96. The molecular formula is C11H7ClFN3. The minimum absolute atomic E-state index is 0.110. The average molecular weight is 236 g/mol. The first-order chi connectivity index (χ1) is 7.63. The van der Waals surface area contributed by atoms with Crippen LogP contribution in [-0.2, 0) is 0 Å².